The average molecular weight is 234 g/mol. The lowest BCUT2D eigenvalue weighted by Crippen LogP contribution is -2.59. The fourth-order valence-electron chi connectivity index (χ4n) is 1.50. The van der Waals surface area contributed by atoms with Gasteiger partial charge in [-0.05, 0) is 19.8 Å². The number of ether oxygens (including phenoxy) is 1. The molecule has 2 unspecified atom stereocenters. The average Bonchev–Trinajstić information content (AvgIpc) is 2.11. The van der Waals surface area contributed by atoms with Gasteiger partial charge in [0, 0.05) is 0 Å². The lowest BCUT2D eigenvalue weighted by atomic mass is 9.84. The molecule has 0 bridgehead atoms. The molecule has 0 aromatic carbocycles. The van der Waals surface area contributed by atoms with Gasteiger partial charge in [-0.25, -0.2) is 9.59 Å². The minimum absolute atomic E-state index is 0.507. The van der Waals surface area contributed by atoms with Gasteiger partial charge in [-0.3, -0.25) is 0 Å². The normalized spacial score (nSPS) is 17.2. The molecule has 0 aliphatic heterocycles. The first-order valence-electron chi connectivity index (χ1n) is 4.98. The number of carboxylic acid groups (broad SMARTS) is 2. The number of rotatable bonds is 6. The first-order chi connectivity index (χ1) is 7.16. The number of carbonyl (C=O) groups is 2. The van der Waals surface area contributed by atoms with Crippen molar-refractivity contribution in [2.45, 2.75) is 45.5 Å². The van der Waals surface area contributed by atoms with Gasteiger partial charge in [-0.1, -0.05) is 13.8 Å². The number of hydrogen-bond acceptors (Lipinski definition) is 4. The zero-order valence-electron chi connectivity index (χ0n) is 9.80. The third-order valence-corrected chi connectivity index (χ3v) is 2.26. The Labute approximate surface area is 93.8 Å². The van der Waals surface area contributed by atoms with Gasteiger partial charge < -0.3 is 20.1 Å². The van der Waals surface area contributed by atoms with E-state index in [9.17, 15) is 14.7 Å². The zero-order chi connectivity index (χ0) is 13.1. The molecular formula is C10H18O6. The van der Waals surface area contributed by atoms with Crippen LogP contribution in [0.2, 0.25) is 0 Å². The van der Waals surface area contributed by atoms with E-state index >= 15 is 0 Å². The van der Waals surface area contributed by atoms with Crippen molar-refractivity contribution >= 4 is 11.9 Å². The smallest absolute Gasteiger partial charge is 0.339 e. The van der Waals surface area contributed by atoms with Crippen LogP contribution in [0.3, 0.4) is 0 Å². The van der Waals surface area contributed by atoms with Crippen molar-refractivity contribution in [1.29, 1.82) is 0 Å². The second kappa shape index (κ2) is 5.27. The molecule has 2 atom stereocenters. The van der Waals surface area contributed by atoms with Crippen LogP contribution in [0, 0.1) is 5.92 Å². The van der Waals surface area contributed by atoms with E-state index in [4.69, 9.17) is 14.9 Å². The largest absolute Gasteiger partial charge is 0.479 e. The van der Waals surface area contributed by atoms with Crippen LogP contribution in [0.25, 0.3) is 0 Å². The van der Waals surface area contributed by atoms with Crippen LogP contribution in [0.1, 0.15) is 27.7 Å². The molecule has 0 aromatic rings. The molecule has 0 aliphatic rings. The summed E-state index contributed by atoms with van der Waals surface area (Å²) in [7, 11) is 0. The molecule has 94 valence electrons. The van der Waals surface area contributed by atoms with Gasteiger partial charge in [0.2, 0.25) is 5.60 Å². The number of carboxylic acids is 2. The molecule has 0 aliphatic carbocycles. The molecule has 0 fully saturated rings. The minimum Gasteiger partial charge on any atom is -0.479 e. The van der Waals surface area contributed by atoms with Crippen molar-refractivity contribution in [2.75, 3.05) is 0 Å². The van der Waals surface area contributed by atoms with Crippen molar-refractivity contribution in [3.8, 4) is 0 Å². The van der Waals surface area contributed by atoms with E-state index in [1.807, 2.05) is 0 Å². The molecule has 0 spiro atoms. The molecule has 0 heterocycles. The molecular weight excluding hydrogens is 216 g/mol. The summed E-state index contributed by atoms with van der Waals surface area (Å²) in [6.07, 6.45) is -2.61. The summed E-state index contributed by atoms with van der Waals surface area (Å²) in [6, 6.07) is 0. The molecule has 0 saturated carbocycles. The quantitative estimate of drug-likeness (QED) is 0.612. The Morgan fingerprint density at radius 1 is 1.12 bits per heavy atom. The second-order valence-electron chi connectivity index (χ2n) is 4.16. The summed E-state index contributed by atoms with van der Waals surface area (Å²) in [5.74, 6) is -3.78. The van der Waals surface area contributed by atoms with E-state index in [0.717, 1.165) is 0 Å². The minimum atomic E-state index is -2.12. The zero-order valence-corrected chi connectivity index (χ0v) is 9.80. The Balaban J connectivity index is 5.43. The molecule has 3 N–H and O–H groups in total. The predicted octanol–water partition coefficient (Wildman–Crippen LogP) is 0.336. The Bertz CT molecular complexity index is 272. The van der Waals surface area contributed by atoms with Crippen molar-refractivity contribution in [1.82, 2.24) is 0 Å². The predicted molar refractivity (Wildman–Crippen MR) is 55.1 cm³/mol. The topological polar surface area (TPSA) is 104 Å². The van der Waals surface area contributed by atoms with Crippen molar-refractivity contribution in [2.24, 2.45) is 5.92 Å². The highest BCUT2D eigenvalue weighted by Gasteiger charge is 2.53. The third-order valence-electron chi connectivity index (χ3n) is 2.26. The van der Waals surface area contributed by atoms with Gasteiger partial charge in [-0.2, -0.15) is 0 Å². The van der Waals surface area contributed by atoms with Gasteiger partial charge in [0.15, 0.2) is 6.10 Å². The maximum Gasteiger partial charge on any atom is 0.339 e. The highest BCUT2D eigenvalue weighted by Crippen LogP contribution is 2.28. The molecule has 0 radical (unpaired) electrons. The van der Waals surface area contributed by atoms with Crippen LogP contribution in [0.15, 0.2) is 0 Å². The second-order valence-corrected chi connectivity index (χ2v) is 4.16. The van der Waals surface area contributed by atoms with Gasteiger partial charge in [0.05, 0.1) is 6.10 Å². The van der Waals surface area contributed by atoms with Crippen molar-refractivity contribution < 1.29 is 29.6 Å². The molecule has 0 aromatic heterocycles. The van der Waals surface area contributed by atoms with Gasteiger partial charge >= 0.3 is 11.9 Å². The fourth-order valence-corrected chi connectivity index (χ4v) is 1.50. The summed E-state index contributed by atoms with van der Waals surface area (Å²) in [5, 5.41) is 27.4. The Hall–Kier alpha value is -1.14. The molecule has 16 heavy (non-hydrogen) atoms. The lowest BCUT2D eigenvalue weighted by Gasteiger charge is -2.36. The van der Waals surface area contributed by atoms with E-state index in [1.54, 1.807) is 13.8 Å². The highest BCUT2D eigenvalue weighted by atomic mass is 16.6. The van der Waals surface area contributed by atoms with Crippen LogP contribution in [-0.2, 0) is 14.3 Å². The summed E-state index contributed by atoms with van der Waals surface area (Å²) in [6.45, 7) is 6.13. The van der Waals surface area contributed by atoms with Crippen LogP contribution >= 0.6 is 0 Å². The van der Waals surface area contributed by atoms with E-state index in [0.29, 0.717) is 0 Å². The number of hydrogen-bond donors (Lipinski definition) is 3. The summed E-state index contributed by atoms with van der Waals surface area (Å²) >= 11 is 0. The van der Waals surface area contributed by atoms with Crippen LogP contribution in [0.5, 0.6) is 0 Å². The monoisotopic (exact) mass is 234 g/mol. The van der Waals surface area contributed by atoms with E-state index in [1.165, 1.54) is 13.8 Å². The van der Waals surface area contributed by atoms with Crippen molar-refractivity contribution in [3.05, 3.63) is 0 Å². The van der Waals surface area contributed by atoms with E-state index in [2.05, 4.69) is 0 Å². The van der Waals surface area contributed by atoms with Crippen LogP contribution in [-0.4, -0.2) is 45.1 Å². The SMILES string of the molecule is CC(C)OC(C(=O)O)(C(C)C)C(O)C(=O)O. The summed E-state index contributed by atoms with van der Waals surface area (Å²) < 4.78 is 5.15. The van der Waals surface area contributed by atoms with Crippen LogP contribution in [0.4, 0.5) is 0 Å². The Morgan fingerprint density at radius 2 is 1.56 bits per heavy atom. The van der Waals surface area contributed by atoms with E-state index < -0.39 is 35.7 Å². The summed E-state index contributed by atoms with van der Waals surface area (Å²) in [5.41, 5.74) is -2.12. The molecule has 0 rings (SSSR count). The molecule has 0 saturated heterocycles. The van der Waals surface area contributed by atoms with Crippen LogP contribution < -0.4 is 0 Å². The van der Waals surface area contributed by atoms with Gasteiger partial charge in [0.1, 0.15) is 0 Å². The first kappa shape index (κ1) is 14.9. The third kappa shape index (κ3) is 2.70. The Morgan fingerprint density at radius 3 is 1.75 bits per heavy atom. The van der Waals surface area contributed by atoms with Crippen molar-refractivity contribution in [3.63, 3.8) is 0 Å². The Kier molecular flexibility index (Phi) is 4.89. The molecule has 6 nitrogen and oxygen atoms in total. The van der Waals surface area contributed by atoms with Gasteiger partial charge in [0.25, 0.3) is 0 Å². The first-order valence-corrected chi connectivity index (χ1v) is 4.98. The summed E-state index contributed by atoms with van der Waals surface area (Å²) in [4.78, 5) is 21.9. The lowest BCUT2D eigenvalue weighted by molar-refractivity contribution is -0.210. The number of aliphatic hydroxyl groups excluding tert-OH is 1. The fraction of sp³-hybridized carbons (Fsp3) is 0.800. The highest BCUT2D eigenvalue weighted by molar-refractivity contribution is 5.87. The number of aliphatic hydroxyl groups is 1. The number of aliphatic carboxylic acids is 2. The standard InChI is InChI=1S/C10H18O6/c1-5(2)10(9(14)15,16-6(3)4)7(11)8(12)13/h5-7,11H,1-4H3,(H,12,13)(H,14,15). The molecule has 6 heteroatoms. The maximum atomic E-state index is 11.2. The van der Waals surface area contributed by atoms with E-state index in [-0.39, 0.29) is 0 Å². The van der Waals surface area contributed by atoms with Gasteiger partial charge in [-0.15, -0.1) is 0 Å². The molecule has 0 amide bonds. The maximum absolute atomic E-state index is 11.2.